The molecule has 3 aromatic heterocycles. The van der Waals surface area contributed by atoms with Gasteiger partial charge in [-0.15, -0.1) is 10.2 Å². The third-order valence-electron chi connectivity index (χ3n) is 5.61. The third-order valence-corrected chi connectivity index (χ3v) is 7.67. The lowest BCUT2D eigenvalue weighted by Crippen LogP contribution is -2.24. The Labute approximate surface area is 208 Å². The van der Waals surface area contributed by atoms with Crippen molar-refractivity contribution in [3.63, 3.8) is 0 Å². The summed E-state index contributed by atoms with van der Waals surface area (Å²) in [5, 5.41) is 7.69. The number of hydrogen-bond acceptors (Lipinski definition) is 9. The minimum absolute atomic E-state index is 0.0173. The molecule has 0 bridgehead atoms. The van der Waals surface area contributed by atoms with Crippen molar-refractivity contribution in [3.05, 3.63) is 72.1 Å². The second kappa shape index (κ2) is 10.4. The zero-order valence-electron chi connectivity index (χ0n) is 20.2. The molecule has 0 saturated carbocycles. The fraction of sp³-hybridized carbons (Fsp3) is 0.292. The topological polar surface area (TPSA) is 122 Å². The number of methoxy groups -OCH3 is 2. The van der Waals surface area contributed by atoms with Gasteiger partial charge in [0.2, 0.25) is 0 Å². The number of rotatable bonds is 9. The number of aryl methyl sites for hydroxylation is 1. The van der Waals surface area contributed by atoms with Crippen LogP contribution in [0.2, 0.25) is 0 Å². The number of pyridine rings is 1. The van der Waals surface area contributed by atoms with Gasteiger partial charge in [0, 0.05) is 23.9 Å². The van der Waals surface area contributed by atoms with E-state index in [0.29, 0.717) is 28.6 Å². The number of nitrogens with zero attached hydrogens (tertiary/aromatic N) is 6. The molecule has 0 spiro atoms. The maximum atomic E-state index is 13.4. The number of hydrogen-bond donors (Lipinski definition) is 0. The van der Waals surface area contributed by atoms with E-state index in [1.54, 1.807) is 35.9 Å². The minimum atomic E-state index is -3.76. The molecule has 4 rings (SSSR count). The van der Waals surface area contributed by atoms with Gasteiger partial charge in [0.15, 0.2) is 27.3 Å². The maximum Gasteiger partial charge on any atom is 0.170 e. The first-order valence-corrected chi connectivity index (χ1v) is 12.7. The van der Waals surface area contributed by atoms with Crippen LogP contribution in [0.15, 0.2) is 48.9 Å². The largest absolute Gasteiger partial charge is 0.494 e. The Morgan fingerprint density at radius 3 is 2.22 bits per heavy atom. The van der Waals surface area contributed by atoms with Crippen LogP contribution in [-0.2, 0) is 22.0 Å². The predicted molar refractivity (Wildman–Crippen MR) is 130 cm³/mol. The van der Waals surface area contributed by atoms with Crippen molar-refractivity contribution in [1.82, 2.24) is 29.7 Å². The molecule has 0 amide bonds. The summed E-state index contributed by atoms with van der Waals surface area (Å²) in [5.41, 5.74) is 1.92. The molecule has 10 nitrogen and oxygen atoms in total. The van der Waals surface area contributed by atoms with E-state index in [9.17, 15) is 12.8 Å². The van der Waals surface area contributed by atoms with Gasteiger partial charge in [0.1, 0.15) is 28.8 Å². The molecular formula is C24H25FN6O4S. The second-order valence-electron chi connectivity index (χ2n) is 8.11. The van der Waals surface area contributed by atoms with Gasteiger partial charge >= 0.3 is 0 Å². The van der Waals surface area contributed by atoms with Gasteiger partial charge in [-0.05, 0) is 38.1 Å². The van der Waals surface area contributed by atoms with Crippen LogP contribution in [0.1, 0.15) is 24.3 Å². The lowest BCUT2D eigenvalue weighted by atomic mass is 10.2. The van der Waals surface area contributed by atoms with E-state index < -0.39 is 26.7 Å². The van der Waals surface area contributed by atoms with Crippen LogP contribution >= 0.6 is 0 Å². The fourth-order valence-electron chi connectivity index (χ4n) is 3.63. The van der Waals surface area contributed by atoms with Crippen LogP contribution in [0.4, 0.5) is 4.39 Å². The lowest BCUT2D eigenvalue weighted by molar-refractivity contribution is 0.391. The molecule has 1 aromatic carbocycles. The van der Waals surface area contributed by atoms with Crippen molar-refractivity contribution in [2.75, 3.05) is 14.2 Å². The van der Waals surface area contributed by atoms with Crippen LogP contribution in [0.25, 0.3) is 17.1 Å². The molecule has 12 heteroatoms. The summed E-state index contributed by atoms with van der Waals surface area (Å²) in [4.78, 5) is 12.1. The first-order chi connectivity index (χ1) is 17.2. The number of benzene rings is 1. The van der Waals surface area contributed by atoms with Crippen molar-refractivity contribution >= 4 is 9.84 Å². The van der Waals surface area contributed by atoms with Gasteiger partial charge in [-0.25, -0.2) is 22.8 Å². The molecule has 0 aliphatic carbocycles. The van der Waals surface area contributed by atoms with E-state index in [0.717, 1.165) is 18.1 Å². The van der Waals surface area contributed by atoms with E-state index >= 15 is 0 Å². The van der Waals surface area contributed by atoms with Crippen molar-refractivity contribution < 1.29 is 22.3 Å². The molecule has 0 radical (unpaired) electrons. The van der Waals surface area contributed by atoms with Crippen molar-refractivity contribution in [2.24, 2.45) is 0 Å². The van der Waals surface area contributed by atoms with Gasteiger partial charge in [-0.2, -0.15) is 0 Å². The molecule has 1 atom stereocenters. The molecule has 4 aromatic rings. The van der Waals surface area contributed by atoms with Crippen molar-refractivity contribution in [1.29, 1.82) is 0 Å². The molecule has 3 heterocycles. The molecule has 0 aliphatic rings. The Bertz CT molecular complexity index is 1430. The molecule has 0 fully saturated rings. The molecule has 0 N–H and O–H groups in total. The standard InChI is InChI=1S/C24H25FN6O4S/c1-15-8-9-17(11-26-15)24-30-29-22(31(24)23-19(34-3)6-5-7-20(23)35-4)14-36(32,33)16(2)10-21-27-12-18(25)13-28-21/h5-9,11-13,16H,10,14H2,1-4H3/t16-/m0/s1. The third kappa shape index (κ3) is 5.18. The van der Waals surface area contributed by atoms with Gasteiger partial charge in [0.25, 0.3) is 0 Å². The summed E-state index contributed by atoms with van der Waals surface area (Å²) >= 11 is 0. The zero-order chi connectivity index (χ0) is 25.9. The summed E-state index contributed by atoms with van der Waals surface area (Å²) < 4.78 is 52.7. The monoisotopic (exact) mass is 512 g/mol. The van der Waals surface area contributed by atoms with Crippen molar-refractivity contribution in [2.45, 2.75) is 31.3 Å². The quantitative estimate of drug-likeness (QED) is 0.333. The molecule has 0 aliphatic heterocycles. The van der Waals surface area contributed by atoms with Crippen LogP contribution in [0.5, 0.6) is 11.5 Å². The number of ether oxygens (including phenoxy) is 2. The van der Waals surface area contributed by atoms with E-state index in [1.165, 1.54) is 14.2 Å². The minimum Gasteiger partial charge on any atom is -0.494 e. The van der Waals surface area contributed by atoms with Crippen LogP contribution in [-0.4, -0.2) is 57.6 Å². The molecule has 36 heavy (non-hydrogen) atoms. The Hall–Kier alpha value is -3.93. The zero-order valence-corrected chi connectivity index (χ0v) is 21.0. The molecule has 0 unspecified atom stereocenters. The summed E-state index contributed by atoms with van der Waals surface area (Å²) in [6, 6.07) is 8.90. The number of halogens is 1. The molecule has 0 saturated heterocycles. The normalized spacial score (nSPS) is 12.4. The summed E-state index contributed by atoms with van der Waals surface area (Å²) in [6.45, 7) is 3.42. The predicted octanol–water partition coefficient (Wildman–Crippen LogP) is 3.13. The second-order valence-corrected chi connectivity index (χ2v) is 10.5. The number of aromatic nitrogens is 6. The number of para-hydroxylation sites is 1. The Morgan fingerprint density at radius 1 is 0.972 bits per heavy atom. The van der Waals surface area contributed by atoms with Gasteiger partial charge in [-0.1, -0.05) is 6.07 Å². The fourth-order valence-corrected chi connectivity index (χ4v) is 4.87. The van der Waals surface area contributed by atoms with Crippen LogP contribution in [0, 0.1) is 12.7 Å². The van der Waals surface area contributed by atoms with Gasteiger partial charge < -0.3 is 9.47 Å². The number of sulfone groups is 1. The van der Waals surface area contributed by atoms with Crippen molar-refractivity contribution in [3.8, 4) is 28.6 Å². The maximum absolute atomic E-state index is 13.4. The first kappa shape index (κ1) is 25.2. The van der Waals surface area contributed by atoms with E-state index in [4.69, 9.17) is 9.47 Å². The summed E-state index contributed by atoms with van der Waals surface area (Å²) in [5.74, 6) is 0.648. The highest BCUT2D eigenvalue weighted by molar-refractivity contribution is 7.91. The highest BCUT2D eigenvalue weighted by atomic mass is 32.2. The van der Waals surface area contributed by atoms with Gasteiger partial charge in [-0.3, -0.25) is 9.55 Å². The molecular weight excluding hydrogens is 487 g/mol. The Kier molecular flexibility index (Phi) is 7.25. The summed E-state index contributed by atoms with van der Waals surface area (Å²) in [6.07, 6.45) is 3.68. The van der Waals surface area contributed by atoms with Crippen LogP contribution in [0.3, 0.4) is 0 Å². The van der Waals surface area contributed by atoms with E-state index in [2.05, 4.69) is 25.1 Å². The van der Waals surface area contributed by atoms with Crippen LogP contribution < -0.4 is 9.47 Å². The highest BCUT2D eigenvalue weighted by Gasteiger charge is 2.29. The smallest absolute Gasteiger partial charge is 0.170 e. The summed E-state index contributed by atoms with van der Waals surface area (Å²) in [7, 11) is -0.740. The van der Waals surface area contributed by atoms with Gasteiger partial charge in [0.05, 0.1) is 31.9 Å². The Balaban J connectivity index is 1.80. The first-order valence-electron chi connectivity index (χ1n) is 11.0. The Morgan fingerprint density at radius 2 is 1.64 bits per heavy atom. The average molecular weight is 513 g/mol. The van der Waals surface area contributed by atoms with E-state index in [-0.39, 0.29) is 18.1 Å². The average Bonchev–Trinajstić information content (AvgIpc) is 3.27. The lowest BCUT2D eigenvalue weighted by Gasteiger charge is -2.18. The highest BCUT2D eigenvalue weighted by Crippen LogP contribution is 2.36. The van der Waals surface area contributed by atoms with E-state index in [1.807, 2.05) is 19.1 Å². The molecule has 188 valence electrons. The SMILES string of the molecule is COc1cccc(OC)c1-n1c(CS(=O)(=O)[C@@H](C)Cc2ncc(F)cn2)nnc1-c1ccc(C)nc1.